The normalized spacial score (nSPS) is 30.1. The van der Waals surface area contributed by atoms with Gasteiger partial charge in [0.25, 0.3) is 0 Å². The second kappa shape index (κ2) is 4.89. The van der Waals surface area contributed by atoms with Crippen molar-refractivity contribution in [3.63, 3.8) is 0 Å². The molecular weight excluding hydrogens is 304 g/mol. The number of fused-ring (bicyclic) bond motifs is 1. The molecule has 3 unspecified atom stereocenters. The molecule has 0 heterocycles. The van der Waals surface area contributed by atoms with Crippen LogP contribution in [0.4, 0.5) is 0 Å². The zero-order valence-electron chi connectivity index (χ0n) is 12.5. The summed E-state index contributed by atoms with van der Waals surface area (Å²) in [4.78, 5) is 25.3. The number of hydrogen-bond donors (Lipinski definition) is 4. The van der Waals surface area contributed by atoms with Crippen LogP contribution in [0.2, 0.25) is 0 Å². The fraction of sp³-hybridized carbons (Fsp3) is 0.375. The monoisotopic (exact) mass is 320 g/mol. The smallest absolute Gasteiger partial charge is 0.196 e. The van der Waals surface area contributed by atoms with Crippen molar-refractivity contribution in [1.82, 2.24) is 0 Å². The second-order valence-corrected chi connectivity index (χ2v) is 6.03. The number of Topliss-reactive ketones (excluding diaryl/α,β-unsaturated/α-hetero) is 2. The van der Waals surface area contributed by atoms with Crippen LogP contribution in [0.25, 0.3) is 0 Å². The fourth-order valence-corrected chi connectivity index (χ4v) is 3.18. The molecule has 23 heavy (non-hydrogen) atoms. The third kappa shape index (κ3) is 2.08. The Labute approximate surface area is 131 Å². The number of ether oxygens (including phenoxy) is 1. The Morgan fingerprint density at radius 1 is 1.17 bits per heavy atom. The summed E-state index contributed by atoms with van der Waals surface area (Å²) in [5.41, 5.74) is -2.72. The van der Waals surface area contributed by atoms with Crippen LogP contribution in [0.15, 0.2) is 23.3 Å². The van der Waals surface area contributed by atoms with E-state index in [1.54, 1.807) is 0 Å². The number of phenolic OH excluding ortho intramolecular Hbond substituents is 1. The molecule has 7 heteroatoms. The quantitative estimate of drug-likeness (QED) is 0.572. The number of phenols is 1. The van der Waals surface area contributed by atoms with Crippen LogP contribution in [-0.2, 0) is 0 Å². The van der Waals surface area contributed by atoms with Crippen LogP contribution in [0, 0.1) is 0 Å². The van der Waals surface area contributed by atoms with Gasteiger partial charge in [0, 0.05) is 29.2 Å². The molecule has 0 aromatic heterocycles. The maximum absolute atomic E-state index is 12.7. The summed E-state index contributed by atoms with van der Waals surface area (Å²) >= 11 is 0. The number of benzene rings is 1. The predicted octanol–water partition coefficient (Wildman–Crippen LogP) is -0.0471. The van der Waals surface area contributed by atoms with Gasteiger partial charge in [0.1, 0.15) is 17.6 Å². The van der Waals surface area contributed by atoms with Gasteiger partial charge in [-0.3, -0.25) is 9.59 Å². The Balaban J connectivity index is 2.27. The lowest BCUT2D eigenvalue weighted by molar-refractivity contribution is -0.0758. The summed E-state index contributed by atoms with van der Waals surface area (Å²) in [6, 6.07) is 2.47. The topological polar surface area (TPSA) is 124 Å². The average Bonchev–Trinajstić information content (AvgIpc) is 2.47. The average molecular weight is 320 g/mol. The van der Waals surface area contributed by atoms with Gasteiger partial charge in [-0.25, -0.2) is 0 Å². The summed E-state index contributed by atoms with van der Waals surface area (Å²) < 4.78 is 4.97. The Morgan fingerprint density at radius 2 is 1.83 bits per heavy atom. The van der Waals surface area contributed by atoms with Crippen molar-refractivity contribution >= 4 is 11.6 Å². The molecule has 0 saturated carbocycles. The third-order valence-electron chi connectivity index (χ3n) is 4.38. The molecule has 7 nitrogen and oxygen atoms in total. The van der Waals surface area contributed by atoms with Crippen LogP contribution in [0.1, 0.15) is 34.1 Å². The van der Waals surface area contributed by atoms with Gasteiger partial charge in [-0.05, 0) is 13.0 Å². The fourth-order valence-electron chi connectivity index (χ4n) is 3.18. The number of rotatable bonds is 1. The molecule has 1 aromatic rings. The minimum atomic E-state index is -1.74. The van der Waals surface area contributed by atoms with E-state index in [0.717, 1.165) is 0 Å². The van der Waals surface area contributed by atoms with E-state index < -0.39 is 35.1 Å². The number of carbonyl (C=O) groups excluding carboxylic acids is 2. The van der Waals surface area contributed by atoms with E-state index in [2.05, 4.69) is 0 Å². The first-order valence-corrected chi connectivity index (χ1v) is 7.02. The summed E-state index contributed by atoms with van der Waals surface area (Å²) in [5, 5.41) is 40.6. The highest BCUT2D eigenvalue weighted by atomic mass is 16.5. The first-order valence-electron chi connectivity index (χ1n) is 7.02. The zero-order valence-corrected chi connectivity index (χ0v) is 12.5. The van der Waals surface area contributed by atoms with Crippen LogP contribution in [-0.4, -0.2) is 56.9 Å². The molecule has 0 amide bonds. The maximum Gasteiger partial charge on any atom is 0.196 e. The number of aliphatic hydroxyl groups is 3. The molecule has 1 aromatic carbocycles. The molecule has 0 aliphatic heterocycles. The summed E-state index contributed by atoms with van der Waals surface area (Å²) in [7, 11) is 1.34. The number of ketones is 2. The van der Waals surface area contributed by atoms with Gasteiger partial charge in [0.15, 0.2) is 11.6 Å². The highest BCUT2D eigenvalue weighted by Crippen LogP contribution is 2.43. The van der Waals surface area contributed by atoms with Crippen LogP contribution < -0.4 is 4.74 Å². The van der Waals surface area contributed by atoms with Crippen molar-refractivity contribution in [1.29, 1.82) is 0 Å². The summed E-state index contributed by atoms with van der Waals surface area (Å²) in [6.45, 7) is 1.28. The minimum absolute atomic E-state index is 0.130. The minimum Gasteiger partial charge on any atom is -0.507 e. The van der Waals surface area contributed by atoms with E-state index in [9.17, 15) is 30.0 Å². The molecule has 2 aliphatic carbocycles. The lowest BCUT2D eigenvalue weighted by atomic mass is 9.69. The molecule has 0 spiro atoms. The lowest BCUT2D eigenvalue weighted by Gasteiger charge is -2.40. The zero-order chi connectivity index (χ0) is 17.1. The van der Waals surface area contributed by atoms with Gasteiger partial charge < -0.3 is 25.2 Å². The van der Waals surface area contributed by atoms with Gasteiger partial charge in [-0.1, -0.05) is 0 Å². The van der Waals surface area contributed by atoms with Gasteiger partial charge in [-0.15, -0.1) is 0 Å². The van der Waals surface area contributed by atoms with Gasteiger partial charge >= 0.3 is 0 Å². The molecular formula is C16H16O7. The molecule has 3 rings (SSSR count). The lowest BCUT2D eigenvalue weighted by Crippen LogP contribution is -2.52. The predicted molar refractivity (Wildman–Crippen MR) is 77.6 cm³/mol. The number of aromatic hydroxyl groups is 1. The van der Waals surface area contributed by atoms with Crippen molar-refractivity contribution in [3.05, 3.63) is 34.4 Å². The molecule has 4 N–H and O–H groups in total. The highest BCUT2D eigenvalue weighted by Gasteiger charge is 2.50. The van der Waals surface area contributed by atoms with Crippen molar-refractivity contribution in [2.24, 2.45) is 0 Å². The molecule has 0 radical (unpaired) electrons. The standard InChI is InChI=1S/C16H16O7/c1-16(22)5-9(18)11-12(15(16)21)13(19)7-3-6(23-2)4-8(17)10(7)14(11)20/h3-4,9,15,17-18,21-22H,5H2,1-2H3. The number of carbonyl (C=O) groups is 2. The van der Waals surface area contributed by atoms with E-state index in [1.807, 2.05) is 0 Å². The van der Waals surface area contributed by atoms with Gasteiger partial charge in [-0.2, -0.15) is 0 Å². The number of hydrogen-bond acceptors (Lipinski definition) is 7. The number of methoxy groups -OCH3 is 1. The van der Waals surface area contributed by atoms with E-state index >= 15 is 0 Å². The molecule has 122 valence electrons. The van der Waals surface area contributed by atoms with Crippen molar-refractivity contribution in [2.45, 2.75) is 31.2 Å². The Kier molecular flexibility index (Phi) is 3.33. The summed E-state index contributed by atoms with van der Waals surface area (Å²) in [5.74, 6) is -1.74. The highest BCUT2D eigenvalue weighted by molar-refractivity contribution is 6.29. The first kappa shape index (κ1) is 15.7. The number of aliphatic hydroxyl groups excluding tert-OH is 2. The van der Waals surface area contributed by atoms with E-state index in [1.165, 1.54) is 26.2 Å². The molecule has 0 bridgehead atoms. The first-order chi connectivity index (χ1) is 10.7. The van der Waals surface area contributed by atoms with Crippen molar-refractivity contribution < 1.29 is 34.8 Å². The Hall–Kier alpha value is -2.22. The second-order valence-electron chi connectivity index (χ2n) is 6.03. The van der Waals surface area contributed by atoms with Crippen molar-refractivity contribution in [2.75, 3.05) is 7.11 Å². The SMILES string of the molecule is COc1cc(O)c2c(c1)C(=O)C1=C(C2=O)C(O)CC(C)(O)C1O. The third-order valence-corrected chi connectivity index (χ3v) is 4.38. The van der Waals surface area contributed by atoms with E-state index in [-0.39, 0.29) is 34.4 Å². The van der Waals surface area contributed by atoms with E-state index in [0.29, 0.717) is 0 Å². The van der Waals surface area contributed by atoms with Crippen molar-refractivity contribution in [3.8, 4) is 11.5 Å². The van der Waals surface area contributed by atoms with Crippen LogP contribution in [0.3, 0.4) is 0 Å². The van der Waals surface area contributed by atoms with Gasteiger partial charge in [0.05, 0.1) is 24.4 Å². The van der Waals surface area contributed by atoms with Crippen LogP contribution in [0.5, 0.6) is 11.5 Å². The largest absolute Gasteiger partial charge is 0.507 e. The summed E-state index contributed by atoms with van der Waals surface area (Å²) in [6.07, 6.45) is -3.31. The Bertz CT molecular complexity index is 760. The molecule has 0 saturated heterocycles. The molecule has 0 fully saturated rings. The Morgan fingerprint density at radius 3 is 2.43 bits per heavy atom. The van der Waals surface area contributed by atoms with Crippen LogP contribution >= 0.6 is 0 Å². The molecule has 2 aliphatic rings. The maximum atomic E-state index is 12.7. The molecule has 3 atom stereocenters. The van der Waals surface area contributed by atoms with Gasteiger partial charge in [0.2, 0.25) is 0 Å². The van der Waals surface area contributed by atoms with E-state index in [4.69, 9.17) is 4.74 Å².